The van der Waals surface area contributed by atoms with Crippen LogP contribution in [0.3, 0.4) is 0 Å². The van der Waals surface area contributed by atoms with E-state index in [0.29, 0.717) is 11.7 Å². The van der Waals surface area contributed by atoms with Crippen LogP contribution >= 0.6 is 11.6 Å². The van der Waals surface area contributed by atoms with Gasteiger partial charge in [-0.25, -0.2) is 4.68 Å². The molecule has 0 fully saturated rings. The van der Waals surface area contributed by atoms with E-state index in [2.05, 4.69) is 10.3 Å². The van der Waals surface area contributed by atoms with Crippen molar-refractivity contribution in [3.8, 4) is 0 Å². The van der Waals surface area contributed by atoms with Gasteiger partial charge in [0.2, 0.25) is 0 Å². The van der Waals surface area contributed by atoms with Crippen molar-refractivity contribution in [3.63, 3.8) is 0 Å². The Morgan fingerprint density at radius 3 is 2.77 bits per heavy atom. The second-order valence-electron chi connectivity index (χ2n) is 3.39. The molecule has 0 aliphatic heterocycles. The SMILES string of the molecule is CC(C)(CCl)C(=NO)n1cccn1. The number of halogens is 1. The molecule has 1 N–H and O–H groups in total. The third-order valence-corrected chi connectivity index (χ3v) is 2.42. The molecule has 0 unspecified atom stereocenters. The Kier molecular flexibility index (Phi) is 2.93. The molecule has 0 radical (unpaired) electrons. The molecule has 13 heavy (non-hydrogen) atoms. The van der Waals surface area contributed by atoms with E-state index in [4.69, 9.17) is 16.8 Å². The Balaban J connectivity index is 3.01. The van der Waals surface area contributed by atoms with Gasteiger partial charge < -0.3 is 5.21 Å². The summed E-state index contributed by atoms with van der Waals surface area (Å²) in [7, 11) is 0. The Bertz CT molecular complexity index is 292. The van der Waals surface area contributed by atoms with E-state index in [1.165, 1.54) is 4.68 Å². The second-order valence-corrected chi connectivity index (χ2v) is 3.66. The minimum atomic E-state index is -0.400. The van der Waals surface area contributed by atoms with Crippen molar-refractivity contribution in [1.82, 2.24) is 9.78 Å². The zero-order valence-electron chi connectivity index (χ0n) is 7.61. The minimum absolute atomic E-state index is 0.367. The van der Waals surface area contributed by atoms with Crippen molar-refractivity contribution in [3.05, 3.63) is 18.5 Å². The van der Waals surface area contributed by atoms with Crippen molar-refractivity contribution in [2.75, 3.05) is 5.88 Å². The van der Waals surface area contributed by atoms with Crippen LogP contribution in [0.2, 0.25) is 0 Å². The molecule has 0 saturated heterocycles. The number of aromatic nitrogens is 2. The van der Waals surface area contributed by atoms with Crippen molar-refractivity contribution in [1.29, 1.82) is 0 Å². The Morgan fingerprint density at radius 1 is 1.69 bits per heavy atom. The van der Waals surface area contributed by atoms with Gasteiger partial charge in [0.1, 0.15) is 0 Å². The van der Waals surface area contributed by atoms with Gasteiger partial charge in [0, 0.05) is 23.7 Å². The molecule has 72 valence electrons. The van der Waals surface area contributed by atoms with Gasteiger partial charge in [0.15, 0.2) is 5.84 Å². The van der Waals surface area contributed by atoms with Crippen LogP contribution < -0.4 is 0 Å². The summed E-state index contributed by atoms with van der Waals surface area (Å²) in [6.07, 6.45) is 3.33. The van der Waals surface area contributed by atoms with Gasteiger partial charge in [-0.2, -0.15) is 5.10 Å². The Hall–Kier alpha value is -1.03. The van der Waals surface area contributed by atoms with E-state index >= 15 is 0 Å². The fraction of sp³-hybridized carbons (Fsp3) is 0.500. The van der Waals surface area contributed by atoms with Crippen LogP contribution in [0.1, 0.15) is 13.8 Å². The molecule has 0 bridgehead atoms. The van der Waals surface area contributed by atoms with Gasteiger partial charge in [-0.05, 0) is 6.07 Å². The molecule has 0 aromatic carbocycles. The van der Waals surface area contributed by atoms with Gasteiger partial charge in [0.05, 0.1) is 0 Å². The zero-order valence-corrected chi connectivity index (χ0v) is 8.36. The van der Waals surface area contributed by atoms with Crippen LogP contribution in [-0.2, 0) is 0 Å². The third kappa shape index (κ3) is 2.01. The van der Waals surface area contributed by atoms with E-state index in [1.54, 1.807) is 18.5 Å². The molecular weight excluding hydrogens is 190 g/mol. The van der Waals surface area contributed by atoms with E-state index < -0.39 is 5.41 Å². The zero-order chi connectivity index (χ0) is 9.90. The highest BCUT2D eigenvalue weighted by Crippen LogP contribution is 2.20. The lowest BCUT2D eigenvalue weighted by Crippen LogP contribution is -2.32. The predicted molar refractivity (Wildman–Crippen MR) is 51.3 cm³/mol. The number of oxime groups is 1. The summed E-state index contributed by atoms with van der Waals surface area (Å²) >= 11 is 5.75. The predicted octanol–water partition coefficient (Wildman–Crippen LogP) is 1.78. The molecule has 4 nitrogen and oxygen atoms in total. The normalized spacial score (nSPS) is 13.3. The van der Waals surface area contributed by atoms with Crippen molar-refractivity contribution < 1.29 is 5.21 Å². The minimum Gasteiger partial charge on any atom is -0.409 e. The second kappa shape index (κ2) is 3.79. The van der Waals surface area contributed by atoms with E-state index in [9.17, 15) is 0 Å². The average Bonchev–Trinajstić information content (AvgIpc) is 2.58. The summed E-state index contributed by atoms with van der Waals surface area (Å²) < 4.78 is 1.50. The van der Waals surface area contributed by atoms with Crippen LogP contribution in [0.4, 0.5) is 0 Å². The van der Waals surface area contributed by atoms with Crippen LogP contribution in [0.25, 0.3) is 0 Å². The average molecular weight is 202 g/mol. The molecule has 0 aliphatic carbocycles. The van der Waals surface area contributed by atoms with Crippen LogP contribution in [0, 0.1) is 5.41 Å². The lowest BCUT2D eigenvalue weighted by Gasteiger charge is -2.21. The largest absolute Gasteiger partial charge is 0.409 e. The van der Waals surface area contributed by atoms with Crippen LogP contribution in [0.15, 0.2) is 23.6 Å². The van der Waals surface area contributed by atoms with E-state index in [1.807, 2.05) is 13.8 Å². The number of nitrogens with zero attached hydrogens (tertiary/aromatic N) is 3. The van der Waals surface area contributed by atoms with Gasteiger partial charge in [-0.3, -0.25) is 0 Å². The first kappa shape index (κ1) is 10.1. The molecule has 0 spiro atoms. The third-order valence-electron chi connectivity index (χ3n) is 1.76. The summed E-state index contributed by atoms with van der Waals surface area (Å²) in [4.78, 5) is 0. The maximum Gasteiger partial charge on any atom is 0.175 e. The van der Waals surface area contributed by atoms with Crippen molar-refractivity contribution in [2.45, 2.75) is 13.8 Å². The van der Waals surface area contributed by atoms with Gasteiger partial charge >= 0.3 is 0 Å². The molecule has 1 aromatic rings. The maximum atomic E-state index is 8.83. The van der Waals surface area contributed by atoms with Gasteiger partial charge in [-0.1, -0.05) is 19.0 Å². The van der Waals surface area contributed by atoms with Crippen molar-refractivity contribution >= 4 is 17.4 Å². The highest BCUT2D eigenvalue weighted by molar-refractivity contribution is 6.20. The standard InChI is InChI=1S/C8H12ClN3O/c1-8(2,6-9)7(11-13)12-5-3-4-10-12/h3-5,13H,6H2,1-2H3. The summed E-state index contributed by atoms with van der Waals surface area (Å²) in [5, 5.41) is 16.0. The maximum absolute atomic E-state index is 8.83. The molecule has 5 heteroatoms. The van der Waals surface area contributed by atoms with Crippen molar-refractivity contribution in [2.24, 2.45) is 10.6 Å². The first-order valence-electron chi connectivity index (χ1n) is 3.90. The monoisotopic (exact) mass is 201 g/mol. The summed E-state index contributed by atoms with van der Waals surface area (Å²) in [5.74, 6) is 0.805. The molecule has 0 atom stereocenters. The van der Waals surface area contributed by atoms with Gasteiger partial charge in [0.25, 0.3) is 0 Å². The summed E-state index contributed by atoms with van der Waals surface area (Å²) in [6, 6.07) is 1.76. The number of rotatable bonds is 2. The highest BCUT2D eigenvalue weighted by Gasteiger charge is 2.26. The fourth-order valence-electron chi connectivity index (χ4n) is 0.945. The number of hydrogen-bond acceptors (Lipinski definition) is 3. The quantitative estimate of drug-likeness (QED) is 0.261. The van der Waals surface area contributed by atoms with E-state index in [0.717, 1.165) is 0 Å². The number of hydrogen-bond donors (Lipinski definition) is 1. The molecule has 0 amide bonds. The van der Waals surface area contributed by atoms with Crippen LogP contribution in [0.5, 0.6) is 0 Å². The summed E-state index contributed by atoms with van der Waals surface area (Å²) in [5.41, 5.74) is -0.400. The van der Waals surface area contributed by atoms with E-state index in [-0.39, 0.29) is 0 Å². The topological polar surface area (TPSA) is 50.4 Å². The molecule has 0 saturated carbocycles. The lowest BCUT2D eigenvalue weighted by atomic mass is 9.95. The molecule has 1 rings (SSSR count). The molecule has 0 aliphatic rings. The Labute approximate surface area is 81.8 Å². The number of alkyl halides is 1. The Morgan fingerprint density at radius 2 is 2.38 bits per heavy atom. The molecule has 1 heterocycles. The first-order valence-corrected chi connectivity index (χ1v) is 4.44. The lowest BCUT2D eigenvalue weighted by molar-refractivity contribution is 0.306. The first-order chi connectivity index (χ1) is 6.11. The molecular formula is C8H12ClN3O. The fourth-order valence-corrected chi connectivity index (χ4v) is 1.06. The van der Waals surface area contributed by atoms with Gasteiger partial charge in [-0.15, -0.1) is 11.6 Å². The smallest absolute Gasteiger partial charge is 0.175 e. The summed E-state index contributed by atoms with van der Waals surface area (Å²) in [6.45, 7) is 3.77. The molecule has 1 aromatic heterocycles. The van der Waals surface area contributed by atoms with Crippen LogP contribution in [-0.4, -0.2) is 26.7 Å². The highest BCUT2D eigenvalue weighted by atomic mass is 35.5.